The van der Waals surface area contributed by atoms with E-state index in [1.54, 1.807) is 18.2 Å². The van der Waals surface area contributed by atoms with Crippen LogP contribution in [0.25, 0.3) is 17.3 Å². The van der Waals surface area contributed by atoms with Crippen molar-refractivity contribution in [2.24, 2.45) is 0 Å². The number of hydrogen-bond acceptors (Lipinski definition) is 3. The molecule has 3 aromatic rings. The van der Waals surface area contributed by atoms with Crippen molar-refractivity contribution in [3.63, 3.8) is 0 Å². The van der Waals surface area contributed by atoms with Gasteiger partial charge in [0, 0.05) is 22.7 Å². The normalized spacial score (nSPS) is 11.0. The highest BCUT2D eigenvalue weighted by atomic mass is 35.5. The summed E-state index contributed by atoms with van der Waals surface area (Å²) >= 11 is 5.83. The highest BCUT2D eigenvalue weighted by Crippen LogP contribution is 2.19. The van der Waals surface area contributed by atoms with Gasteiger partial charge in [0.25, 0.3) is 0 Å². The molecule has 1 N–H and O–H groups in total. The molecule has 0 aliphatic carbocycles. The molecule has 4 nitrogen and oxygen atoms in total. The largest absolute Gasteiger partial charge is 0.359 e. The SMILES string of the molecule is Cc1ccc(-c2cc(CNC(=O)C=Cc3ccc(Cl)cc3)on2)cc1. The summed E-state index contributed by atoms with van der Waals surface area (Å²) in [5.41, 5.74) is 3.82. The first-order valence-corrected chi connectivity index (χ1v) is 8.22. The van der Waals surface area contributed by atoms with Crippen LogP contribution < -0.4 is 5.32 Å². The van der Waals surface area contributed by atoms with Gasteiger partial charge < -0.3 is 9.84 Å². The van der Waals surface area contributed by atoms with Crippen molar-refractivity contribution in [2.45, 2.75) is 13.5 Å². The molecule has 0 unspecified atom stereocenters. The average Bonchev–Trinajstić information content (AvgIpc) is 3.09. The van der Waals surface area contributed by atoms with Crippen molar-refractivity contribution >= 4 is 23.6 Å². The Hall–Kier alpha value is -2.85. The minimum Gasteiger partial charge on any atom is -0.359 e. The fourth-order valence-electron chi connectivity index (χ4n) is 2.24. The monoisotopic (exact) mass is 352 g/mol. The Morgan fingerprint density at radius 1 is 1.16 bits per heavy atom. The van der Waals surface area contributed by atoms with Crippen molar-refractivity contribution in [1.82, 2.24) is 10.5 Å². The van der Waals surface area contributed by atoms with E-state index in [1.807, 2.05) is 49.4 Å². The second kappa shape index (κ2) is 7.81. The Labute approximate surface area is 151 Å². The molecule has 3 rings (SSSR count). The van der Waals surface area contributed by atoms with Gasteiger partial charge in [-0.15, -0.1) is 0 Å². The van der Waals surface area contributed by atoms with E-state index >= 15 is 0 Å². The van der Waals surface area contributed by atoms with Gasteiger partial charge in [0.15, 0.2) is 5.76 Å². The van der Waals surface area contributed by atoms with E-state index in [-0.39, 0.29) is 12.5 Å². The van der Waals surface area contributed by atoms with Crippen LogP contribution in [0.4, 0.5) is 0 Å². The molecule has 126 valence electrons. The van der Waals surface area contributed by atoms with Crippen LogP contribution in [0.15, 0.2) is 65.2 Å². The van der Waals surface area contributed by atoms with Gasteiger partial charge in [-0.1, -0.05) is 58.7 Å². The number of amides is 1. The number of carbonyl (C=O) groups is 1. The molecule has 0 atom stereocenters. The molecule has 0 aliphatic heterocycles. The summed E-state index contributed by atoms with van der Waals surface area (Å²) in [6, 6.07) is 17.1. The van der Waals surface area contributed by atoms with Crippen LogP contribution in [0, 0.1) is 6.92 Å². The fraction of sp³-hybridized carbons (Fsp3) is 0.100. The number of carbonyl (C=O) groups excluding carboxylic acids is 1. The molecule has 0 spiro atoms. The predicted octanol–water partition coefficient (Wildman–Crippen LogP) is 4.63. The number of halogens is 1. The maximum absolute atomic E-state index is 11.9. The zero-order chi connectivity index (χ0) is 17.6. The van der Waals surface area contributed by atoms with E-state index in [0.29, 0.717) is 10.8 Å². The number of aryl methyl sites for hydroxylation is 1. The molecule has 0 aliphatic rings. The fourth-order valence-corrected chi connectivity index (χ4v) is 2.36. The molecule has 0 saturated heterocycles. The van der Waals surface area contributed by atoms with Gasteiger partial charge in [-0.25, -0.2) is 0 Å². The Morgan fingerprint density at radius 3 is 2.60 bits per heavy atom. The van der Waals surface area contributed by atoms with Crippen molar-refractivity contribution in [3.8, 4) is 11.3 Å². The molecule has 0 saturated carbocycles. The van der Waals surface area contributed by atoms with Gasteiger partial charge in [-0.2, -0.15) is 0 Å². The molecular weight excluding hydrogens is 336 g/mol. The summed E-state index contributed by atoms with van der Waals surface area (Å²) < 4.78 is 5.27. The molecule has 0 bridgehead atoms. The third-order valence-electron chi connectivity index (χ3n) is 3.64. The maximum Gasteiger partial charge on any atom is 0.244 e. The molecule has 25 heavy (non-hydrogen) atoms. The summed E-state index contributed by atoms with van der Waals surface area (Å²) in [7, 11) is 0. The summed E-state index contributed by atoms with van der Waals surface area (Å²) in [4.78, 5) is 11.9. The van der Waals surface area contributed by atoms with E-state index in [2.05, 4.69) is 10.5 Å². The lowest BCUT2D eigenvalue weighted by atomic mass is 10.1. The van der Waals surface area contributed by atoms with Crippen LogP contribution in [0.3, 0.4) is 0 Å². The third kappa shape index (κ3) is 4.81. The van der Waals surface area contributed by atoms with Crippen molar-refractivity contribution < 1.29 is 9.32 Å². The quantitative estimate of drug-likeness (QED) is 0.681. The van der Waals surface area contributed by atoms with Gasteiger partial charge in [-0.05, 0) is 30.7 Å². The molecule has 1 amide bonds. The van der Waals surface area contributed by atoms with Crippen LogP contribution >= 0.6 is 11.6 Å². The first-order chi connectivity index (χ1) is 12.1. The van der Waals surface area contributed by atoms with Crippen LogP contribution in [0.2, 0.25) is 5.02 Å². The van der Waals surface area contributed by atoms with E-state index in [0.717, 1.165) is 16.8 Å². The lowest BCUT2D eigenvalue weighted by molar-refractivity contribution is -0.116. The van der Waals surface area contributed by atoms with Crippen molar-refractivity contribution in [1.29, 1.82) is 0 Å². The number of nitrogens with zero attached hydrogens (tertiary/aromatic N) is 1. The van der Waals surface area contributed by atoms with Gasteiger partial charge in [0.2, 0.25) is 5.91 Å². The van der Waals surface area contributed by atoms with Gasteiger partial charge in [0.1, 0.15) is 5.69 Å². The second-order valence-corrected chi connectivity index (χ2v) is 6.08. The molecule has 0 fully saturated rings. The maximum atomic E-state index is 11.9. The summed E-state index contributed by atoms with van der Waals surface area (Å²) in [6.45, 7) is 2.31. The molecule has 1 heterocycles. The highest BCUT2D eigenvalue weighted by Gasteiger charge is 2.07. The Balaban J connectivity index is 1.55. The summed E-state index contributed by atoms with van der Waals surface area (Å²) in [5.74, 6) is 0.395. The number of aromatic nitrogens is 1. The highest BCUT2D eigenvalue weighted by molar-refractivity contribution is 6.30. The Bertz CT molecular complexity index is 881. The second-order valence-electron chi connectivity index (χ2n) is 5.65. The molecule has 2 aromatic carbocycles. The van der Waals surface area contributed by atoms with Gasteiger partial charge >= 0.3 is 0 Å². The number of benzene rings is 2. The zero-order valence-corrected chi connectivity index (χ0v) is 14.5. The van der Waals surface area contributed by atoms with Crippen LogP contribution in [0.1, 0.15) is 16.9 Å². The number of hydrogen-bond donors (Lipinski definition) is 1. The topological polar surface area (TPSA) is 55.1 Å². The van der Waals surface area contributed by atoms with Crippen molar-refractivity contribution in [2.75, 3.05) is 0 Å². The van der Waals surface area contributed by atoms with E-state index in [9.17, 15) is 4.79 Å². The third-order valence-corrected chi connectivity index (χ3v) is 3.89. The molecule has 1 aromatic heterocycles. The summed E-state index contributed by atoms with van der Waals surface area (Å²) in [6.07, 6.45) is 3.20. The smallest absolute Gasteiger partial charge is 0.244 e. The first kappa shape index (κ1) is 17.0. The average molecular weight is 353 g/mol. The van der Waals surface area contributed by atoms with Gasteiger partial charge in [0.05, 0.1) is 6.54 Å². The van der Waals surface area contributed by atoms with Crippen LogP contribution in [-0.4, -0.2) is 11.1 Å². The number of nitrogens with one attached hydrogen (secondary N) is 1. The first-order valence-electron chi connectivity index (χ1n) is 7.84. The summed E-state index contributed by atoms with van der Waals surface area (Å²) in [5, 5.41) is 7.47. The number of rotatable bonds is 5. The zero-order valence-electron chi connectivity index (χ0n) is 13.7. The van der Waals surface area contributed by atoms with Crippen LogP contribution in [0.5, 0.6) is 0 Å². The van der Waals surface area contributed by atoms with Gasteiger partial charge in [-0.3, -0.25) is 4.79 Å². The van der Waals surface area contributed by atoms with Crippen molar-refractivity contribution in [3.05, 3.63) is 82.6 Å². The minimum atomic E-state index is -0.205. The Kier molecular flexibility index (Phi) is 5.31. The van der Waals surface area contributed by atoms with E-state index < -0.39 is 0 Å². The van der Waals surface area contributed by atoms with E-state index in [4.69, 9.17) is 16.1 Å². The molecular formula is C20H17ClN2O2. The van der Waals surface area contributed by atoms with Crippen LogP contribution in [-0.2, 0) is 11.3 Å². The minimum absolute atomic E-state index is 0.205. The standard InChI is InChI=1S/C20H17ClN2O2/c1-14-2-7-16(8-3-14)19-12-18(25-23-19)13-22-20(24)11-6-15-4-9-17(21)10-5-15/h2-12H,13H2,1H3,(H,22,24). The van der Waals surface area contributed by atoms with E-state index in [1.165, 1.54) is 11.6 Å². The lowest BCUT2D eigenvalue weighted by Gasteiger charge is -1.98. The lowest BCUT2D eigenvalue weighted by Crippen LogP contribution is -2.19. The molecule has 5 heteroatoms. The molecule has 0 radical (unpaired) electrons. The Morgan fingerprint density at radius 2 is 1.88 bits per heavy atom. The predicted molar refractivity (Wildman–Crippen MR) is 99.0 cm³/mol.